The Morgan fingerprint density at radius 3 is 2.59 bits per heavy atom. The summed E-state index contributed by atoms with van der Waals surface area (Å²) in [5.41, 5.74) is 0.911. The first-order chi connectivity index (χ1) is 14.2. The van der Waals surface area contributed by atoms with Crippen molar-refractivity contribution in [3.05, 3.63) is 23.9 Å². The molecule has 0 aromatic carbocycles. The lowest BCUT2D eigenvalue weighted by Crippen LogP contribution is -2.49. The minimum atomic E-state index is -0.147. The number of pyridine rings is 1. The van der Waals surface area contributed by atoms with Crippen molar-refractivity contribution >= 4 is 11.9 Å². The summed E-state index contributed by atoms with van der Waals surface area (Å²) in [4.78, 5) is 33.6. The molecule has 29 heavy (non-hydrogen) atoms. The van der Waals surface area contributed by atoms with Crippen LogP contribution in [-0.2, 0) is 11.3 Å². The van der Waals surface area contributed by atoms with Gasteiger partial charge in [-0.2, -0.15) is 0 Å². The highest BCUT2D eigenvalue weighted by molar-refractivity contribution is 5.81. The van der Waals surface area contributed by atoms with Crippen LogP contribution in [0.1, 0.15) is 56.9 Å². The van der Waals surface area contributed by atoms with Gasteiger partial charge in [-0.3, -0.25) is 4.79 Å². The third-order valence-corrected chi connectivity index (χ3v) is 6.32. The second kappa shape index (κ2) is 9.46. The molecule has 0 bridgehead atoms. The maximum atomic E-state index is 12.8. The maximum absolute atomic E-state index is 12.8. The van der Waals surface area contributed by atoms with E-state index in [9.17, 15) is 9.59 Å². The van der Waals surface area contributed by atoms with Crippen LogP contribution < -0.4 is 10.1 Å². The van der Waals surface area contributed by atoms with E-state index in [4.69, 9.17) is 4.74 Å². The summed E-state index contributed by atoms with van der Waals surface area (Å²) in [6.07, 6.45) is 10.4. The number of ether oxygens (including phenoxy) is 1. The van der Waals surface area contributed by atoms with E-state index in [1.807, 2.05) is 21.9 Å². The largest absolute Gasteiger partial charge is 0.474 e. The fourth-order valence-electron chi connectivity index (χ4n) is 4.63. The van der Waals surface area contributed by atoms with Crippen molar-refractivity contribution < 1.29 is 14.3 Å². The van der Waals surface area contributed by atoms with Gasteiger partial charge in [-0.1, -0.05) is 6.07 Å². The molecular weight excluding hydrogens is 368 g/mol. The molecule has 7 nitrogen and oxygen atoms in total. The van der Waals surface area contributed by atoms with E-state index < -0.39 is 0 Å². The van der Waals surface area contributed by atoms with Gasteiger partial charge in [-0.15, -0.1) is 0 Å². The van der Waals surface area contributed by atoms with Crippen molar-refractivity contribution in [3.63, 3.8) is 0 Å². The van der Waals surface area contributed by atoms with E-state index in [0.717, 1.165) is 63.7 Å². The number of piperidine rings is 1. The second-order valence-corrected chi connectivity index (χ2v) is 8.47. The van der Waals surface area contributed by atoms with Gasteiger partial charge in [0, 0.05) is 44.5 Å². The van der Waals surface area contributed by atoms with Crippen LogP contribution in [0.5, 0.6) is 5.88 Å². The number of aromatic nitrogens is 1. The number of hydrogen-bond acceptors (Lipinski definition) is 4. The zero-order chi connectivity index (χ0) is 20.1. The van der Waals surface area contributed by atoms with Gasteiger partial charge in [0.1, 0.15) is 6.10 Å². The van der Waals surface area contributed by atoms with Crippen molar-refractivity contribution in [1.82, 2.24) is 20.1 Å². The molecule has 1 saturated carbocycles. The summed E-state index contributed by atoms with van der Waals surface area (Å²) in [7, 11) is 0. The fourth-order valence-corrected chi connectivity index (χ4v) is 4.63. The summed E-state index contributed by atoms with van der Waals surface area (Å²) in [6.45, 7) is 3.36. The number of carbonyl (C=O) groups is 2. The smallest absolute Gasteiger partial charge is 0.320 e. The van der Waals surface area contributed by atoms with Gasteiger partial charge in [0.25, 0.3) is 0 Å². The molecule has 1 aliphatic carbocycles. The molecule has 2 saturated heterocycles. The van der Waals surface area contributed by atoms with Gasteiger partial charge in [-0.25, -0.2) is 9.78 Å². The number of nitrogens with zero attached hydrogens (tertiary/aromatic N) is 3. The average Bonchev–Trinajstić information content (AvgIpc) is 3.47. The Kier molecular flexibility index (Phi) is 6.52. The van der Waals surface area contributed by atoms with E-state index in [1.165, 1.54) is 12.8 Å². The molecule has 158 valence electrons. The Hall–Kier alpha value is -2.31. The van der Waals surface area contributed by atoms with Gasteiger partial charge in [0.2, 0.25) is 11.8 Å². The predicted octanol–water partition coefficient (Wildman–Crippen LogP) is 2.95. The van der Waals surface area contributed by atoms with Crippen LogP contribution >= 0.6 is 0 Å². The summed E-state index contributed by atoms with van der Waals surface area (Å²) in [6, 6.07) is 3.93. The van der Waals surface area contributed by atoms with E-state index in [1.54, 1.807) is 6.20 Å². The van der Waals surface area contributed by atoms with Gasteiger partial charge in [-0.05, 0) is 57.4 Å². The van der Waals surface area contributed by atoms with Crippen LogP contribution in [0.4, 0.5) is 4.79 Å². The fraction of sp³-hybridized carbons (Fsp3) is 0.682. The number of urea groups is 1. The Bertz CT molecular complexity index is 714. The number of hydrogen-bond donors (Lipinski definition) is 1. The highest BCUT2D eigenvalue weighted by Crippen LogP contribution is 2.25. The van der Waals surface area contributed by atoms with Gasteiger partial charge >= 0.3 is 6.03 Å². The summed E-state index contributed by atoms with van der Waals surface area (Å²) in [5.74, 6) is 0.500. The highest BCUT2D eigenvalue weighted by atomic mass is 16.5. The lowest BCUT2D eigenvalue weighted by atomic mass is 9.97. The molecule has 1 N–H and O–H groups in total. The second-order valence-electron chi connectivity index (χ2n) is 8.47. The summed E-state index contributed by atoms with van der Waals surface area (Å²) < 4.78 is 6.07. The van der Waals surface area contributed by atoms with E-state index in [0.29, 0.717) is 19.0 Å². The lowest BCUT2D eigenvalue weighted by Gasteiger charge is -2.34. The molecular formula is C22H32N4O3. The Labute approximate surface area is 172 Å². The third kappa shape index (κ3) is 5.00. The Balaban J connectivity index is 1.30. The van der Waals surface area contributed by atoms with Crippen molar-refractivity contribution in [2.45, 2.75) is 64.0 Å². The molecule has 1 atom stereocenters. The molecule has 3 heterocycles. The van der Waals surface area contributed by atoms with Crippen LogP contribution in [0.15, 0.2) is 18.3 Å². The number of likely N-dealkylation sites (tertiary alicyclic amines) is 2. The van der Waals surface area contributed by atoms with Crippen LogP contribution in [0.25, 0.3) is 0 Å². The van der Waals surface area contributed by atoms with Crippen LogP contribution in [0, 0.1) is 5.92 Å². The monoisotopic (exact) mass is 400 g/mol. The predicted molar refractivity (Wildman–Crippen MR) is 109 cm³/mol. The van der Waals surface area contributed by atoms with E-state index in [-0.39, 0.29) is 24.0 Å². The maximum Gasteiger partial charge on any atom is 0.320 e. The van der Waals surface area contributed by atoms with Crippen molar-refractivity contribution in [1.29, 1.82) is 0 Å². The first-order valence-electron chi connectivity index (χ1n) is 11.1. The lowest BCUT2D eigenvalue weighted by molar-refractivity contribution is -0.126. The SMILES string of the molecule is O=C(NCc1cccnc1OC1CCCC1)C1CCCN(C(=O)N2CCCC2)C1. The summed E-state index contributed by atoms with van der Waals surface area (Å²) >= 11 is 0. The van der Waals surface area contributed by atoms with Crippen LogP contribution in [-0.4, -0.2) is 59.0 Å². The molecule has 7 heteroatoms. The third-order valence-electron chi connectivity index (χ3n) is 6.32. The molecule has 2 aliphatic heterocycles. The quantitative estimate of drug-likeness (QED) is 0.825. The molecule has 0 spiro atoms. The van der Waals surface area contributed by atoms with Crippen LogP contribution in [0.2, 0.25) is 0 Å². The molecule has 1 unspecified atom stereocenters. The van der Waals surface area contributed by atoms with Crippen molar-refractivity contribution in [2.75, 3.05) is 26.2 Å². The number of rotatable bonds is 5. The number of carbonyl (C=O) groups excluding carboxylic acids is 2. The van der Waals surface area contributed by atoms with Crippen molar-refractivity contribution in [3.8, 4) is 5.88 Å². The molecule has 3 aliphatic rings. The minimum absolute atomic E-state index is 0.0135. The van der Waals surface area contributed by atoms with Crippen LogP contribution in [0.3, 0.4) is 0 Å². The first kappa shape index (κ1) is 20.0. The summed E-state index contributed by atoms with van der Waals surface area (Å²) in [5, 5.41) is 3.05. The molecule has 0 radical (unpaired) electrons. The first-order valence-corrected chi connectivity index (χ1v) is 11.1. The highest BCUT2D eigenvalue weighted by Gasteiger charge is 2.31. The minimum Gasteiger partial charge on any atom is -0.474 e. The van der Waals surface area contributed by atoms with Gasteiger partial charge < -0.3 is 19.9 Å². The Morgan fingerprint density at radius 1 is 1.03 bits per heavy atom. The van der Waals surface area contributed by atoms with E-state index >= 15 is 0 Å². The van der Waals surface area contributed by atoms with Gasteiger partial charge in [0.05, 0.1) is 5.92 Å². The topological polar surface area (TPSA) is 74.8 Å². The van der Waals surface area contributed by atoms with Crippen molar-refractivity contribution in [2.24, 2.45) is 5.92 Å². The normalized spacial score (nSPS) is 22.7. The zero-order valence-corrected chi connectivity index (χ0v) is 17.1. The Morgan fingerprint density at radius 2 is 1.79 bits per heavy atom. The molecule has 3 fully saturated rings. The standard InChI is InChI=1S/C22H32N4O3/c27-20(18-8-6-14-26(16-18)22(28)25-12-3-4-13-25)24-15-17-7-5-11-23-21(17)29-19-9-1-2-10-19/h5,7,11,18-19H,1-4,6,8-10,12-16H2,(H,24,27). The van der Waals surface area contributed by atoms with Gasteiger partial charge in [0.15, 0.2) is 0 Å². The number of amides is 3. The molecule has 1 aromatic heterocycles. The average molecular weight is 401 g/mol. The van der Waals surface area contributed by atoms with E-state index in [2.05, 4.69) is 10.3 Å². The molecule has 1 aromatic rings. The molecule has 3 amide bonds. The zero-order valence-electron chi connectivity index (χ0n) is 17.1. The number of nitrogens with one attached hydrogen (secondary N) is 1. The molecule has 4 rings (SSSR count).